The minimum atomic E-state index is -0.0976. The van der Waals surface area contributed by atoms with Crippen molar-refractivity contribution in [3.05, 3.63) is 12.2 Å². The Kier molecular flexibility index (Phi) is 6.90. The Morgan fingerprint density at radius 3 is 2.75 bits per heavy atom. The summed E-state index contributed by atoms with van der Waals surface area (Å²) in [5, 5.41) is 11.1. The predicted molar refractivity (Wildman–Crippen MR) is 52.2 cm³/mol. The van der Waals surface area contributed by atoms with E-state index in [-0.39, 0.29) is 12.5 Å². The minimum absolute atomic E-state index is 0.0976. The maximum atomic E-state index is 10.9. The van der Waals surface area contributed by atoms with Gasteiger partial charge in [-0.1, -0.05) is 6.58 Å². The lowest BCUT2D eigenvalue weighted by atomic mass is 10.3. The van der Waals surface area contributed by atoms with Crippen molar-refractivity contribution in [1.82, 2.24) is 5.32 Å². The van der Waals surface area contributed by atoms with Crippen LogP contribution in [0.2, 0.25) is 0 Å². The summed E-state index contributed by atoms with van der Waals surface area (Å²) in [4.78, 5) is 10.9. The van der Waals surface area contributed by atoms with E-state index in [0.29, 0.717) is 12.1 Å². The van der Waals surface area contributed by atoms with Crippen LogP contribution in [0.25, 0.3) is 0 Å². The molecule has 4 heteroatoms. The zero-order valence-electron chi connectivity index (χ0n) is 7.30. The highest BCUT2D eigenvalue weighted by Gasteiger charge is 1.98. The highest BCUT2D eigenvalue weighted by Crippen LogP contribution is 1.96. The summed E-state index contributed by atoms with van der Waals surface area (Å²) in [6.07, 6.45) is 0. The summed E-state index contributed by atoms with van der Waals surface area (Å²) in [6.45, 7) is 6.02. The highest BCUT2D eigenvalue weighted by molar-refractivity contribution is 7.99. The SMILES string of the molecule is C=C(C)C(=O)NCCSCCO. The summed E-state index contributed by atoms with van der Waals surface area (Å²) in [6, 6.07) is 0. The number of hydrogen-bond donors (Lipinski definition) is 2. The molecule has 1 amide bonds. The first-order valence-electron chi connectivity index (χ1n) is 3.80. The molecule has 0 aliphatic carbocycles. The van der Waals surface area contributed by atoms with Gasteiger partial charge >= 0.3 is 0 Å². The van der Waals surface area contributed by atoms with Gasteiger partial charge in [-0.15, -0.1) is 0 Å². The molecule has 0 aromatic rings. The number of carbonyl (C=O) groups excluding carboxylic acids is 1. The Bertz CT molecular complexity index is 159. The lowest BCUT2D eigenvalue weighted by Crippen LogP contribution is -2.26. The van der Waals surface area contributed by atoms with E-state index in [4.69, 9.17) is 5.11 Å². The molecule has 0 atom stereocenters. The summed E-state index contributed by atoms with van der Waals surface area (Å²) in [7, 11) is 0. The topological polar surface area (TPSA) is 49.3 Å². The van der Waals surface area contributed by atoms with Gasteiger partial charge in [0.1, 0.15) is 0 Å². The molecule has 0 aliphatic heterocycles. The maximum Gasteiger partial charge on any atom is 0.246 e. The van der Waals surface area contributed by atoms with Gasteiger partial charge in [-0.3, -0.25) is 4.79 Å². The van der Waals surface area contributed by atoms with E-state index in [1.54, 1.807) is 18.7 Å². The van der Waals surface area contributed by atoms with Crippen LogP contribution < -0.4 is 5.32 Å². The van der Waals surface area contributed by atoms with E-state index >= 15 is 0 Å². The van der Waals surface area contributed by atoms with Gasteiger partial charge in [0.05, 0.1) is 6.61 Å². The van der Waals surface area contributed by atoms with Gasteiger partial charge < -0.3 is 10.4 Å². The van der Waals surface area contributed by atoms with Gasteiger partial charge in [-0.25, -0.2) is 0 Å². The summed E-state index contributed by atoms with van der Waals surface area (Å²) < 4.78 is 0. The highest BCUT2D eigenvalue weighted by atomic mass is 32.2. The molecule has 0 aromatic carbocycles. The number of nitrogens with one attached hydrogen (secondary N) is 1. The van der Waals surface area contributed by atoms with E-state index in [9.17, 15) is 4.79 Å². The fourth-order valence-electron chi connectivity index (χ4n) is 0.554. The van der Waals surface area contributed by atoms with Crippen LogP contribution >= 0.6 is 11.8 Å². The van der Waals surface area contributed by atoms with Crippen LogP contribution in [0.3, 0.4) is 0 Å². The van der Waals surface area contributed by atoms with E-state index in [2.05, 4.69) is 11.9 Å². The van der Waals surface area contributed by atoms with Crippen molar-refractivity contribution in [2.45, 2.75) is 6.92 Å². The van der Waals surface area contributed by atoms with Crippen LogP contribution in [0.1, 0.15) is 6.92 Å². The monoisotopic (exact) mass is 189 g/mol. The number of thioether (sulfide) groups is 1. The lowest BCUT2D eigenvalue weighted by molar-refractivity contribution is -0.117. The Balaban J connectivity index is 3.20. The molecule has 0 saturated heterocycles. The molecule has 70 valence electrons. The zero-order valence-corrected chi connectivity index (χ0v) is 8.12. The predicted octanol–water partition coefficient (Wildman–Crippen LogP) is 0.404. The average molecular weight is 189 g/mol. The molecule has 0 bridgehead atoms. The fourth-order valence-corrected chi connectivity index (χ4v) is 1.13. The Labute approximate surface area is 77.2 Å². The second-order valence-corrected chi connectivity index (χ2v) is 3.60. The zero-order chi connectivity index (χ0) is 9.40. The molecule has 3 nitrogen and oxygen atoms in total. The largest absolute Gasteiger partial charge is 0.396 e. The second-order valence-electron chi connectivity index (χ2n) is 2.37. The third-order valence-corrected chi connectivity index (χ3v) is 2.12. The van der Waals surface area contributed by atoms with Gasteiger partial charge in [0.25, 0.3) is 0 Å². The fraction of sp³-hybridized carbons (Fsp3) is 0.625. The van der Waals surface area contributed by atoms with Gasteiger partial charge in [0.2, 0.25) is 5.91 Å². The molecule has 0 spiro atoms. The van der Waals surface area contributed by atoms with Crippen molar-refractivity contribution in [1.29, 1.82) is 0 Å². The van der Waals surface area contributed by atoms with Crippen LogP contribution in [-0.4, -0.2) is 35.7 Å². The summed E-state index contributed by atoms with van der Waals surface area (Å²) in [5.41, 5.74) is 0.530. The molecule has 0 saturated carbocycles. The van der Waals surface area contributed by atoms with Crippen molar-refractivity contribution in [3.63, 3.8) is 0 Å². The molecule has 0 aromatic heterocycles. The molecule has 0 unspecified atom stereocenters. The average Bonchev–Trinajstić information content (AvgIpc) is 2.03. The van der Waals surface area contributed by atoms with Crippen LogP contribution in [0.4, 0.5) is 0 Å². The normalized spacial score (nSPS) is 9.50. The smallest absolute Gasteiger partial charge is 0.246 e. The first-order valence-corrected chi connectivity index (χ1v) is 4.96. The number of aliphatic hydroxyl groups excluding tert-OH is 1. The van der Waals surface area contributed by atoms with Crippen molar-refractivity contribution in [2.24, 2.45) is 0 Å². The first kappa shape index (κ1) is 11.5. The molecular weight excluding hydrogens is 174 g/mol. The number of rotatable bonds is 6. The molecule has 0 radical (unpaired) electrons. The number of amides is 1. The number of hydrogen-bond acceptors (Lipinski definition) is 3. The summed E-state index contributed by atoms with van der Waals surface area (Å²) >= 11 is 1.61. The Morgan fingerprint density at radius 1 is 1.58 bits per heavy atom. The third kappa shape index (κ3) is 6.24. The Morgan fingerprint density at radius 2 is 2.25 bits per heavy atom. The van der Waals surface area contributed by atoms with Crippen molar-refractivity contribution < 1.29 is 9.90 Å². The quantitative estimate of drug-likeness (QED) is 0.470. The van der Waals surface area contributed by atoms with Gasteiger partial charge in [0.15, 0.2) is 0 Å². The summed E-state index contributed by atoms with van der Waals surface area (Å²) in [5.74, 6) is 1.46. The van der Waals surface area contributed by atoms with E-state index in [0.717, 1.165) is 11.5 Å². The molecule has 0 aliphatic rings. The standard InChI is InChI=1S/C8H15NO2S/c1-7(2)8(11)9-3-5-12-6-4-10/h10H,1,3-6H2,2H3,(H,9,11). The van der Waals surface area contributed by atoms with Crippen LogP contribution in [0.5, 0.6) is 0 Å². The van der Waals surface area contributed by atoms with E-state index < -0.39 is 0 Å². The molecule has 0 fully saturated rings. The van der Waals surface area contributed by atoms with Crippen molar-refractivity contribution >= 4 is 17.7 Å². The molecular formula is C8H15NO2S. The van der Waals surface area contributed by atoms with Gasteiger partial charge in [-0.05, 0) is 6.92 Å². The van der Waals surface area contributed by atoms with Gasteiger partial charge in [-0.2, -0.15) is 11.8 Å². The molecule has 0 rings (SSSR count). The number of aliphatic hydroxyl groups is 1. The van der Waals surface area contributed by atoms with Crippen molar-refractivity contribution in [2.75, 3.05) is 24.7 Å². The molecule has 12 heavy (non-hydrogen) atoms. The van der Waals surface area contributed by atoms with Crippen LogP contribution in [-0.2, 0) is 4.79 Å². The van der Waals surface area contributed by atoms with E-state index in [1.807, 2.05) is 0 Å². The molecule has 2 N–H and O–H groups in total. The number of carbonyl (C=O) groups is 1. The second kappa shape index (κ2) is 7.18. The minimum Gasteiger partial charge on any atom is -0.396 e. The Hall–Kier alpha value is -0.480. The third-order valence-electron chi connectivity index (χ3n) is 1.16. The first-order chi connectivity index (χ1) is 5.68. The van der Waals surface area contributed by atoms with E-state index in [1.165, 1.54) is 0 Å². The van der Waals surface area contributed by atoms with Crippen LogP contribution in [0, 0.1) is 0 Å². The van der Waals surface area contributed by atoms with Crippen LogP contribution in [0.15, 0.2) is 12.2 Å². The van der Waals surface area contributed by atoms with Crippen molar-refractivity contribution in [3.8, 4) is 0 Å². The maximum absolute atomic E-state index is 10.9. The molecule has 0 heterocycles. The van der Waals surface area contributed by atoms with Gasteiger partial charge in [0, 0.05) is 23.6 Å². The lowest BCUT2D eigenvalue weighted by Gasteiger charge is -2.03.